The third kappa shape index (κ3) is 9.63. The number of hydrogen-bond donors (Lipinski definition) is 4. The lowest BCUT2D eigenvalue weighted by atomic mass is 10.2. The van der Waals surface area contributed by atoms with Gasteiger partial charge in [0.1, 0.15) is 6.29 Å². The van der Waals surface area contributed by atoms with Gasteiger partial charge in [-0.25, -0.2) is 0 Å². The van der Waals surface area contributed by atoms with Crippen LogP contribution in [0.1, 0.15) is 10.4 Å². The predicted octanol–water partition coefficient (Wildman–Crippen LogP) is -0.142. The normalized spacial score (nSPS) is 17.8. The fourth-order valence-electron chi connectivity index (χ4n) is 1.74. The monoisotopic (exact) mass is 278 g/mol. The minimum atomic E-state index is 0.729. The summed E-state index contributed by atoms with van der Waals surface area (Å²) in [6, 6.07) is 9.10. The summed E-state index contributed by atoms with van der Waals surface area (Å²) in [5.74, 6) is 0. The molecular formula is C15H26N4O. The molecule has 0 amide bonds. The molecule has 2 saturated heterocycles. The Labute approximate surface area is 121 Å². The van der Waals surface area contributed by atoms with Gasteiger partial charge in [0.15, 0.2) is 0 Å². The van der Waals surface area contributed by atoms with Crippen LogP contribution in [0.15, 0.2) is 30.3 Å². The van der Waals surface area contributed by atoms with Crippen molar-refractivity contribution >= 4 is 6.29 Å². The fourth-order valence-corrected chi connectivity index (χ4v) is 1.74. The van der Waals surface area contributed by atoms with Crippen molar-refractivity contribution in [3.8, 4) is 0 Å². The highest BCUT2D eigenvalue weighted by Crippen LogP contribution is 1.91. The Morgan fingerprint density at radius 2 is 1.00 bits per heavy atom. The van der Waals surface area contributed by atoms with E-state index in [9.17, 15) is 4.79 Å². The standard InChI is InChI=1S/C7H6O.2C4H10N2/c8-6-7-4-2-1-3-5-7;2*1-2-6-4-3-5-1/h1-6H;2*5-6H,1-4H2. The summed E-state index contributed by atoms with van der Waals surface area (Å²) in [6.45, 7) is 9.11. The molecule has 5 nitrogen and oxygen atoms in total. The molecule has 3 rings (SSSR count). The number of benzene rings is 1. The molecule has 0 atom stereocenters. The van der Waals surface area contributed by atoms with E-state index in [4.69, 9.17) is 0 Å². The number of carbonyl (C=O) groups is 1. The van der Waals surface area contributed by atoms with Gasteiger partial charge in [0.05, 0.1) is 0 Å². The molecule has 5 heteroatoms. The molecule has 1 aromatic carbocycles. The van der Waals surface area contributed by atoms with Crippen molar-refractivity contribution in [3.05, 3.63) is 35.9 Å². The molecule has 2 aliphatic heterocycles. The highest BCUT2D eigenvalue weighted by atomic mass is 16.1. The van der Waals surface area contributed by atoms with Gasteiger partial charge in [-0.3, -0.25) is 4.79 Å². The van der Waals surface area contributed by atoms with Crippen LogP contribution in [0.3, 0.4) is 0 Å². The lowest BCUT2D eigenvalue weighted by Gasteiger charge is -2.11. The third-order valence-corrected chi connectivity index (χ3v) is 2.85. The van der Waals surface area contributed by atoms with E-state index in [1.165, 1.54) is 0 Å². The smallest absolute Gasteiger partial charge is 0.150 e. The SMILES string of the molecule is C1CNCCN1.C1CNCCN1.O=Cc1ccccc1. The molecule has 4 N–H and O–H groups in total. The molecule has 2 aliphatic rings. The second kappa shape index (κ2) is 12.7. The molecule has 20 heavy (non-hydrogen) atoms. The van der Waals surface area contributed by atoms with Crippen molar-refractivity contribution in [1.82, 2.24) is 21.3 Å². The molecule has 112 valence electrons. The van der Waals surface area contributed by atoms with E-state index in [1.54, 1.807) is 12.1 Å². The van der Waals surface area contributed by atoms with Gasteiger partial charge >= 0.3 is 0 Å². The van der Waals surface area contributed by atoms with Crippen molar-refractivity contribution in [2.75, 3.05) is 52.4 Å². The van der Waals surface area contributed by atoms with Gasteiger partial charge in [-0.15, -0.1) is 0 Å². The van der Waals surface area contributed by atoms with Crippen LogP contribution in [0.4, 0.5) is 0 Å². The number of hydrogen-bond acceptors (Lipinski definition) is 5. The predicted molar refractivity (Wildman–Crippen MR) is 83.3 cm³/mol. The summed E-state index contributed by atoms with van der Waals surface area (Å²) in [5.41, 5.74) is 0.729. The highest BCUT2D eigenvalue weighted by molar-refractivity contribution is 5.74. The number of piperazine rings is 2. The van der Waals surface area contributed by atoms with Crippen molar-refractivity contribution < 1.29 is 4.79 Å². The van der Waals surface area contributed by atoms with Gasteiger partial charge < -0.3 is 21.3 Å². The van der Waals surface area contributed by atoms with Gasteiger partial charge in [0.2, 0.25) is 0 Å². The largest absolute Gasteiger partial charge is 0.314 e. The summed E-state index contributed by atoms with van der Waals surface area (Å²) >= 11 is 0. The summed E-state index contributed by atoms with van der Waals surface area (Å²) in [4.78, 5) is 10.0. The van der Waals surface area contributed by atoms with Crippen LogP contribution in [-0.2, 0) is 0 Å². The molecule has 2 heterocycles. The zero-order valence-corrected chi connectivity index (χ0v) is 12.0. The molecule has 0 aliphatic carbocycles. The quantitative estimate of drug-likeness (QED) is 0.539. The minimum absolute atomic E-state index is 0.729. The first kappa shape index (κ1) is 16.8. The van der Waals surface area contributed by atoms with Crippen molar-refractivity contribution in [2.24, 2.45) is 0 Å². The van der Waals surface area contributed by atoms with Crippen LogP contribution < -0.4 is 21.3 Å². The molecule has 0 unspecified atom stereocenters. The van der Waals surface area contributed by atoms with E-state index in [2.05, 4.69) is 21.3 Å². The van der Waals surface area contributed by atoms with Gasteiger partial charge in [-0.2, -0.15) is 0 Å². The Morgan fingerprint density at radius 3 is 1.20 bits per heavy atom. The summed E-state index contributed by atoms with van der Waals surface area (Å²) in [5, 5.41) is 12.9. The fraction of sp³-hybridized carbons (Fsp3) is 0.533. The highest BCUT2D eigenvalue weighted by Gasteiger charge is 1.92. The third-order valence-electron chi connectivity index (χ3n) is 2.85. The number of rotatable bonds is 1. The molecular weight excluding hydrogens is 252 g/mol. The van der Waals surface area contributed by atoms with Gasteiger partial charge in [-0.1, -0.05) is 30.3 Å². The van der Waals surface area contributed by atoms with E-state index in [-0.39, 0.29) is 0 Å². The van der Waals surface area contributed by atoms with E-state index < -0.39 is 0 Å². The second-order valence-corrected chi connectivity index (χ2v) is 4.53. The maximum atomic E-state index is 10.0. The summed E-state index contributed by atoms with van der Waals surface area (Å²) < 4.78 is 0. The summed E-state index contributed by atoms with van der Waals surface area (Å²) in [6.07, 6.45) is 0.833. The second-order valence-electron chi connectivity index (χ2n) is 4.53. The zero-order valence-electron chi connectivity index (χ0n) is 12.0. The van der Waals surface area contributed by atoms with Gasteiger partial charge in [0.25, 0.3) is 0 Å². The summed E-state index contributed by atoms with van der Waals surface area (Å²) in [7, 11) is 0. The average Bonchev–Trinajstić information content (AvgIpc) is 2.60. The Kier molecular flexibility index (Phi) is 10.7. The topological polar surface area (TPSA) is 65.2 Å². The van der Waals surface area contributed by atoms with Crippen molar-refractivity contribution in [1.29, 1.82) is 0 Å². The van der Waals surface area contributed by atoms with E-state index in [0.717, 1.165) is 64.2 Å². The van der Waals surface area contributed by atoms with Crippen molar-refractivity contribution in [3.63, 3.8) is 0 Å². The Balaban J connectivity index is 0.000000152. The van der Waals surface area contributed by atoms with Crippen LogP contribution in [-0.4, -0.2) is 58.6 Å². The lowest BCUT2D eigenvalue weighted by Crippen LogP contribution is -2.39. The van der Waals surface area contributed by atoms with Crippen LogP contribution in [0.5, 0.6) is 0 Å². The Hall–Kier alpha value is -1.27. The minimum Gasteiger partial charge on any atom is -0.314 e. The maximum Gasteiger partial charge on any atom is 0.150 e. The molecule has 0 radical (unpaired) electrons. The van der Waals surface area contributed by atoms with Crippen molar-refractivity contribution in [2.45, 2.75) is 0 Å². The Morgan fingerprint density at radius 1 is 0.650 bits per heavy atom. The van der Waals surface area contributed by atoms with Gasteiger partial charge in [-0.05, 0) is 0 Å². The average molecular weight is 278 g/mol. The first-order chi connectivity index (χ1) is 9.93. The number of nitrogens with one attached hydrogen (secondary N) is 4. The van der Waals surface area contributed by atoms with E-state index >= 15 is 0 Å². The van der Waals surface area contributed by atoms with Crippen LogP contribution >= 0.6 is 0 Å². The lowest BCUT2D eigenvalue weighted by molar-refractivity contribution is 0.112. The van der Waals surface area contributed by atoms with Crippen LogP contribution in [0, 0.1) is 0 Å². The van der Waals surface area contributed by atoms with Crippen LogP contribution in [0.25, 0.3) is 0 Å². The molecule has 1 aromatic rings. The molecule has 0 saturated carbocycles. The molecule has 0 spiro atoms. The molecule has 0 aromatic heterocycles. The molecule has 2 fully saturated rings. The van der Waals surface area contributed by atoms with Crippen LogP contribution in [0.2, 0.25) is 0 Å². The molecule has 0 bridgehead atoms. The van der Waals surface area contributed by atoms with Gasteiger partial charge in [0, 0.05) is 57.9 Å². The maximum absolute atomic E-state index is 10.0. The number of carbonyl (C=O) groups excluding carboxylic acids is 1. The Bertz CT molecular complexity index is 289. The van der Waals surface area contributed by atoms with E-state index in [0.29, 0.717) is 0 Å². The van der Waals surface area contributed by atoms with E-state index in [1.807, 2.05) is 18.2 Å². The first-order valence-electron chi connectivity index (χ1n) is 7.26. The zero-order chi connectivity index (χ0) is 14.3. The first-order valence-corrected chi connectivity index (χ1v) is 7.26. The number of aldehydes is 1.